The van der Waals surface area contributed by atoms with Gasteiger partial charge >= 0.3 is 0 Å². The first kappa shape index (κ1) is 32.7. The highest BCUT2D eigenvalue weighted by atomic mass is 79.9. The Kier molecular flexibility index (Phi) is 15.5. The van der Waals surface area contributed by atoms with Crippen LogP contribution in [0, 0.1) is 6.92 Å². The Morgan fingerprint density at radius 1 is 0.462 bits per heavy atom. The summed E-state index contributed by atoms with van der Waals surface area (Å²) in [5, 5.41) is 5.86. The Balaban J connectivity index is 1.75. The van der Waals surface area contributed by atoms with Gasteiger partial charge in [-0.15, -0.1) is 0 Å². The average Bonchev–Trinajstić information content (AvgIpc) is 2.91. The van der Waals surface area contributed by atoms with E-state index in [9.17, 15) is 0 Å². The third kappa shape index (κ3) is 10.5. The maximum absolute atomic E-state index is 3.84. The van der Waals surface area contributed by atoms with Gasteiger partial charge in [-0.3, -0.25) is 0 Å². The number of hydrogen-bond donors (Lipinski definition) is 0. The van der Waals surface area contributed by atoms with Gasteiger partial charge in [0.25, 0.3) is 0 Å². The van der Waals surface area contributed by atoms with Crippen LogP contribution in [-0.4, -0.2) is 0 Å². The second kappa shape index (κ2) is 18.5. The summed E-state index contributed by atoms with van der Waals surface area (Å²) in [7, 11) is 0. The zero-order valence-corrected chi connectivity index (χ0v) is 28.5. The van der Waals surface area contributed by atoms with Crippen LogP contribution in [0.4, 0.5) is 0 Å². The van der Waals surface area contributed by atoms with Crippen LogP contribution in [0.25, 0.3) is 21.5 Å². The van der Waals surface area contributed by atoms with E-state index in [0.717, 1.165) is 0 Å². The molecule has 216 valence electrons. The fourth-order valence-corrected chi connectivity index (χ4v) is 7.38. The second-order valence-electron chi connectivity index (χ2n) is 11.9. The second-order valence-corrected chi connectivity index (χ2v) is 13.8. The highest BCUT2D eigenvalue weighted by molar-refractivity contribution is 9.10. The first-order valence-electron chi connectivity index (χ1n) is 16.4. The Hall–Kier alpha value is -0.860. The normalized spacial score (nSPS) is 11.7. The molecule has 3 aromatic rings. The molecule has 0 radical (unpaired) electrons. The van der Waals surface area contributed by atoms with Crippen molar-refractivity contribution >= 4 is 53.4 Å². The topological polar surface area (TPSA) is 0 Å². The van der Waals surface area contributed by atoms with Crippen LogP contribution in [0.2, 0.25) is 0 Å². The zero-order valence-electron chi connectivity index (χ0n) is 25.3. The molecule has 0 saturated heterocycles. The Bertz CT molecular complexity index is 1130. The first-order valence-corrected chi connectivity index (χ1v) is 18.0. The quantitative estimate of drug-likeness (QED) is 0.0837. The van der Waals surface area contributed by atoms with Gasteiger partial charge in [-0.25, -0.2) is 0 Å². The van der Waals surface area contributed by atoms with Gasteiger partial charge in [0.2, 0.25) is 0 Å². The van der Waals surface area contributed by atoms with E-state index in [2.05, 4.69) is 83.0 Å². The summed E-state index contributed by atoms with van der Waals surface area (Å²) < 4.78 is 2.41. The summed E-state index contributed by atoms with van der Waals surface area (Å²) in [5.41, 5.74) is 4.64. The minimum absolute atomic E-state index is 1.20. The molecule has 0 aliphatic rings. The van der Waals surface area contributed by atoms with E-state index in [0.29, 0.717) is 0 Å². The lowest BCUT2D eigenvalue weighted by Crippen LogP contribution is -2.01. The Labute approximate surface area is 257 Å². The van der Waals surface area contributed by atoms with Gasteiger partial charge in [0.15, 0.2) is 0 Å². The lowest BCUT2D eigenvalue weighted by atomic mass is 9.85. The maximum atomic E-state index is 3.84. The summed E-state index contributed by atoms with van der Waals surface area (Å²) >= 11 is 7.65. The van der Waals surface area contributed by atoms with Crippen molar-refractivity contribution in [2.45, 2.75) is 149 Å². The van der Waals surface area contributed by atoms with Crippen LogP contribution in [-0.2, 0) is 12.8 Å². The van der Waals surface area contributed by atoms with Crippen molar-refractivity contribution in [3.05, 3.63) is 56.0 Å². The monoisotopic (exact) mass is 656 g/mol. The molecule has 0 saturated carbocycles. The minimum Gasteiger partial charge on any atom is -0.0654 e. The molecule has 0 bridgehead atoms. The number of rotatable bonds is 20. The van der Waals surface area contributed by atoms with E-state index in [1.54, 1.807) is 11.1 Å². The molecule has 0 fully saturated rings. The van der Waals surface area contributed by atoms with E-state index in [-0.39, 0.29) is 0 Å². The van der Waals surface area contributed by atoms with Gasteiger partial charge in [-0.05, 0) is 95.1 Å². The third-order valence-electron chi connectivity index (χ3n) is 8.63. The molecule has 39 heavy (non-hydrogen) atoms. The molecular weight excluding hydrogens is 604 g/mol. The summed E-state index contributed by atoms with van der Waals surface area (Å²) in [4.78, 5) is 0. The maximum Gasteiger partial charge on any atom is 0.0184 e. The molecule has 0 N–H and O–H groups in total. The van der Waals surface area contributed by atoms with Crippen molar-refractivity contribution in [3.63, 3.8) is 0 Å². The Morgan fingerprint density at radius 2 is 0.897 bits per heavy atom. The van der Waals surface area contributed by atoms with Crippen LogP contribution in [0.15, 0.2) is 39.3 Å². The van der Waals surface area contributed by atoms with Gasteiger partial charge in [0.1, 0.15) is 0 Å². The van der Waals surface area contributed by atoms with Gasteiger partial charge in [-0.1, -0.05) is 155 Å². The van der Waals surface area contributed by atoms with E-state index >= 15 is 0 Å². The molecule has 3 aromatic carbocycles. The van der Waals surface area contributed by atoms with Crippen molar-refractivity contribution in [3.8, 4) is 0 Å². The highest BCUT2D eigenvalue weighted by Crippen LogP contribution is 2.39. The number of benzene rings is 3. The third-order valence-corrected chi connectivity index (χ3v) is 9.58. The van der Waals surface area contributed by atoms with Gasteiger partial charge < -0.3 is 0 Å². The number of aryl methyl sites for hydroxylation is 3. The number of fused-ring (bicyclic) bond motifs is 3. The molecule has 0 heterocycles. The SMILES string of the molecule is CCCCCCCCCCCc1c(CCCCCCCCCCC)c2cc(Br)cc(C)c2c2ccc(Br)cc12. The van der Waals surface area contributed by atoms with Crippen molar-refractivity contribution in [1.82, 2.24) is 0 Å². The largest absolute Gasteiger partial charge is 0.0654 e. The first-order chi connectivity index (χ1) is 19.1. The molecule has 3 rings (SSSR count). The van der Waals surface area contributed by atoms with Crippen LogP contribution >= 0.6 is 31.9 Å². The average molecular weight is 659 g/mol. The Morgan fingerprint density at radius 3 is 1.41 bits per heavy atom. The van der Waals surface area contributed by atoms with Gasteiger partial charge in [-0.2, -0.15) is 0 Å². The smallest absolute Gasteiger partial charge is 0.0184 e. The summed E-state index contributed by atoms with van der Waals surface area (Å²) in [6.45, 7) is 6.90. The van der Waals surface area contributed by atoms with Crippen molar-refractivity contribution in [2.75, 3.05) is 0 Å². The van der Waals surface area contributed by atoms with Crippen LogP contribution in [0.5, 0.6) is 0 Å². The lowest BCUT2D eigenvalue weighted by molar-refractivity contribution is 0.561. The molecule has 0 spiro atoms. The summed E-state index contributed by atoms with van der Waals surface area (Å²) in [5.74, 6) is 0. The van der Waals surface area contributed by atoms with E-state index in [1.807, 2.05) is 0 Å². The summed E-state index contributed by atoms with van der Waals surface area (Å²) in [6, 6.07) is 11.7. The predicted molar refractivity (Wildman–Crippen MR) is 183 cm³/mol. The molecule has 0 aromatic heterocycles. The van der Waals surface area contributed by atoms with Crippen LogP contribution in [0.3, 0.4) is 0 Å². The fraction of sp³-hybridized carbons (Fsp3) is 0.622. The number of unbranched alkanes of at least 4 members (excludes halogenated alkanes) is 16. The van der Waals surface area contributed by atoms with Crippen molar-refractivity contribution in [2.24, 2.45) is 0 Å². The molecule has 0 amide bonds. The molecular formula is C37H54Br2. The van der Waals surface area contributed by atoms with Crippen LogP contribution < -0.4 is 0 Å². The number of hydrogen-bond acceptors (Lipinski definition) is 0. The summed E-state index contributed by atoms with van der Waals surface area (Å²) in [6.07, 6.45) is 27.4. The molecule has 0 nitrogen and oxygen atoms in total. The molecule has 0 aliphatic carbocycles. The van der Waals surface area contributed by atoms with Crippen molar-refractivity contribution < 1.29 is 0 Å². The minimum atomic E-state index is 1.20. The zero-order chi connectivity index (χ0) is 27.9. The lowest BCUT2D eigenvalue weighted by Gasteiger charge is -2.20. The molecule has 0 unspecified atom stereocenters. The number of halogens is 2. The van der Waals surface area contributed by atoms with Crippen LogP contribution in [0.1, 0.15) is 146 Å². The molecule has 2 heteroatoms. The van der Waals surface area contributed by atoms with E-state index in [1.165, 1.54) is 164 Å². The van der Waals surface area contributed by atoms with E-state index in [4.69, 9.17) is 0 Å². The standard InChI is InChI=1S/C37H54Br2/c1-4-6-8-10-12-14-16-18-20-22-32-33(23-21-19-17-15-13-11-9-7-5-2)36-28-31(39)26-29(3)37(36)34-25-24-30(38)27-35(32)34/h24-28H,4-23H2,1-3H3. The predicted octanol–water partition coefficient (Wildman–Crippen LogP) is 14.0. The van der Waals surface area contributed by atoms with Crippen molar-refractivity contribution in [1.29, 1.82) is 0 Å². The van der Waals surface area contributed by atoms with Gasteiger partial charge in [0.05, 0.1) is 0 Å². The molecule has 0 atom stereocenters. The van der Waals surface area contributed by atoms with Gasteiger partial charge in [0, 0.05) is 8.95 Å². The highest BCUT2D eigenvalue weighted by Gasteiger charge is 2.16. The molecule has 0 aliphatic heterocycles. The van der Waals surface area contributed by atoms with E-state index < -0.39 is 0 Å². The fourth-order valence-electron chi connectivity index (χ4n) is 6.44.